The number of ether oxygens (including phenoxy) is 1. The van der Waals surface area contributed by atoms with Crippen LogP contribution in [0.4, 0.5) is 0 Å². The molecule has 2 amide bonds. The Bertz CT molecular complexity index is 746. The van der Waals surface area contributed by atoms with E-state index in [9.17, 15) is 9.59 Å². The van der Waals surface area contributed by atoms with Gasteiger partial charge in [0.15, 0.2) is 0 Å². The summed E-state index contributed by atoms with van der Waals surface area (Å²) in [5, 5.41) is 0. The summed E-state index contributed by atoms with van der Waals surface area (Å²) in [7, 11) is 0. The molecule has 5 nitrogen and oxygen atoms in total. The fourth-order valence-electron chi connectivity index (χ4n) is 5.18. The van der Waals surface area contributed by atoms with Crippen LogP contribution >= 0.6 is 0 Å². The third kappa shape index (κ3) is 4.44. The highest BCUT2D eigenvalue weighted by atomic mass is 16.5. The molecule has 3 heterocycles. The van der Waals surface area contributed by atoms with Crippen molar-refractivity contribution in [1.29, 1.82) is 0 Å². The zero-order valence-corrected chi connectivity index (χ0v) is 17.9. The van der Waals surface area contributed by atoms with Gasteiger partial charge in [0.25, 0.3) is 0 Å². The lowest BCUT2D eigenvalue weighted by Crippen LogP contribution is -2.52. The van der Waals surface area contributed by atoms with E-state index in [1.807, 2.05) is 28.0 Å². The lowest BCUT2D eigenvalue weighted by molar-refractivity contribution is -0.136. The summed E-state index contributed by atoms with van der Waals surface area (Å²) in [6.07, 6.45) is 6.00. The largest absolute Gasteiger partial charge is 0.487 e. The van der Waals surface area contributed by atoms with Crippen molar-refractivity contribution in [3.05, 3.63) is 29.8 Å². The molecule has 1 aromatic rings. The molecule has 1 spiro atoms. The molecule has 0 unspecified atom stereocenters. The molecule has 0 aliphatic carbocycles. The van der Waals surface area contributed by atoms with Crippen LogP contribution in [0.25, 0.3) is 0 Å². The maximum Gasteiger partial charge on any atom is 0.223 e. The zero-order chi connectivity index (χ0) is 20.4. The van der Waals surface area contributed by atoms with E-state index in [4.69, 9.17) is 4.74 Å². The van der Waals surface area contributed by atoms with Crippen LogP contribution in [0.2, 0.25) is 0 Å². The number of carbonyl (C=O) groups excluding carboxylic acids is 2. The molecule has 0 aromatic heterocycles. The number of likely N-dealkylation sites (tertiary alicyclic amines) is 2. The van der Waals surface area contributed by atoms with Crippen LogP contribution in [-0.4, -0.2) is 53.4 Å². The van der Waals surface area contributed by atoms with Crippen LogP contribution in [0, 0.1) is 5.92 Å². The number of hydrogen-bond donors (Lipinski definition) is 0. The number of para-hydroxylation sites is 1. The molecule has 3 aliphatic rings. The quantitative estimate of drug-likeness (QED) is 0.771. The molecule has 4 rings (SSSR count). The third-order valence-corrected chi connectivity index (χ3v) is 6.79. The summed E-state index contributed by atoms with van der Waals surface area (Å²) in [5.74, 6) is 2.05. The van der Waals surface area contributed by atoms with Crippen molar-refractivity contribution in [1.82, 2.24) is 9.80 Å². The molecule has 0 saturated carbocycles. The number of fused-ring (bicyclic) bond motifs is 1. The number of amides is 2. The Morgan fingerprint density at radius 1 is 1.03 bits per heavy atom. The van der Waals surface area contributed by atoms with Gasteiger partial charge in [-0.25, -0.2) is 0 Å². The van der Waals surface area contributed by atoms with Crippen LogP contribution in [0.5, 0.6) is 5.75 Å². The van der Waals surface area contributed by atoms with Gasteiger partial charge in [0.05, 0.1) is 0 Å². The summed E-state index contributed by atoms with van der Waals surface area (Å²) in [6, 6.07) is 8.21. The predicted octanol–water partition coefficient (Wildman–Crippen LogP) is 3.97. The molecular weight excluding hydrogens is 364 g/mol. The summed E-state index contributed by atoms with van der Waals surface area (Å²) in [6.45, 7) is 7.49. The summed E-state index contributed by atoms with van der Waals surface area (Å²) in [5.41, 5.74) is 0.919. The summed E-state index contributed by atoms with van der Waals surface area (Å²) in [4.78, 5) is 29.4. The van der Waals surface area contributed by atoms with Crippen LogP contribution < -0.4 is 4.74 Å². The van der Waals surface area contributed by atoms with Crippen molar-refractivity contribution >= 4 is 11.8 Å². The van der Waals surface area contributed by atoms with Gasteiger partial charge < -0.3 is 14.5 Å². The number of benzene rings is 1. The highest BCUT2D eigenvalue weighted by Gasteiger charge is 2.44. The molecule has 0 bridgehead atoms. The minimum Gasteiger partial charge on any atom is -0.487 e. The molecule has 0 N–H and O–H groups in total. The van der Waals surface area contributed by atoms with Crippen molar-refractivity contribution < 1.29 is 14.3 Å². The van der Waals surface area contributed by atoms with E-state index < -0.39 is 0 Å². The van der Waals surface area contributed by atoms with Gasteiger partial charge >= 0.3 is 0 Å². The average molecular weight is 399 g/mol. The lowest BCUT2D eigenvalue weighted by atomic mass is 9.76. The van der Waals surface area contributed by atoms with Gasteiger partial charge in [0, 0.05) is 57.8 Å². The third-order valence-electron chi connectivity index (χ3n) is 6.79. The molecule has 2 saturated heterocycles. The Labute approximate surface area is 174 Å². The Hall–Kier alpha value is -2.04. The highest BCUT2D eigenvalue weighted by molar-refractivity contribution is 5.78. The Morgan fingerprint density at radius 3 is 2.38 bits per heavy atom. The second kappa shape index (κ2) is 8.37. The second-order valence-corrected chi connectivity index (χ2v) is 9.49. The summed E-state index contributed by atoms with van der Waals surface area (Å²) < 4.78 is 6.54. The second-order valence-electron chi connectivity index (χ2n) is 9.49. The van der Waals surface area contributed by atoms with Crippen LogP contribution in [-0.2, 0) is 9.59 Å². The van der Waals surface area contributed by atoms with Crippen molar-refractivity contribution in [2.24, 2.45) is 5.92 Å². The van der Waals surface area contributed by atoms with Crippen molar-refractivity contribution in [3.63, 3.8) is 0 Å². The van der Waals surface area contributed by atoms with Crippen molar-refractivity contribution in [3.8, 4) is 5.75 Å². The van der Waals surface area contributed by atoms with Crippen molar-refractivity contribution in [2.75, 3.05) is 26.2 Å². The maximum atomic E-state index is 12.9. The Kier molecular flexibility index (Phi) is 5.84. The molecule has 0 radical (unpaired) electrons. The predicted molar refractivity (Wildman–Crippen MR) is 113 cm³/mol. The first-order valence-corrected chi connectivity index (χ1v) is 11.3. The molecular formula is C24H34N2O3. The number of carbonyl (C=O) groups is 2. The zero-order valence-electron chi connectivity index (χ0n) is 17.9. The fraction of sp³-hybridized carbons (Fsp3) is 0.667. The van der Waals surface area contributed by atoms with E-state index in [0.29, 0.717) is 18.8 Å². The summed E-state index contributed by atoms with van der Waals surface area (Å²) >= 11 is 0. The van der Waals surface area contributed by atoms with Crippen LogP contribution in [0.3, 0.4) is 0 Å². The normalized spacial score (nSPS) is 23.2. The Morgan fingerprint density at radius 2 is 1.69 bits per heavy atom. The smallest absolute Gasteiger partial charge is 0.223 e. The SMILES string of the molecule is CC(C)CC(=O)N1CCC2(CC1)C[C@@H](CC(=O)N1CCCC1)c1ccccc1O2. The number of hydrogen-bond acceptors (Lipinski definition) is 3. The molecule has 1 atom stereocenters. The number of rotatable bonds is 4. The monoisotopic (exact) mass is 398 g/mol. The van der Waals surface area contributed by atoms with Gasteiger partial charge in [-0.3, -0.25) is 9.59 Å². The van der Waals surface area contributed by atoms with Gasteiger partial charge in [-0.2, -0.15) is 0 Å². The van der Waals surface area contributed by atoms with Gasteiger partial charge in [0.2, 0.25) is 11.8 Å². The van der Waals surface area contributed by atoms with E-state index in [-0.39, 0.29) is 23.3 Å². The minimum absolute atomic E-state index is 0.200. The highest BCUT2D eigenvalue weighted by Crippen LogP contribution is 2.46. The first kappa shape index (κ1) is 20.2. The molecule has 3 aliphatic heterocycles. The van der Waals surface area contributed by atoms with Gasteiger partial charge in [-0.15, -0.1) is 0 Å². The average Bonchev–Trinajstić information content (AvgIpc) is 3.23. The molecule has 5 heteroatoms. The first-order chi connectivity index (χ1) is 14.0. The van der Waals surface area contributed by atoms with Gasteiger partial charge in [0.1, 0.15) is 11.4 Å². The van der Waals surface area contributed by atoms with E-state index >= 15 is 0 Å². The van der Waals surface area contributed by atoms with E-state index in [0.717, 1.165) is 64.0 Å². The number of piperidine rings is 1. The van der Waals surface area contributed by atoms with Crippen LogP contribution in [0.1, 0.15) is 70.3 Å². The standard InChI is InChI=1S/C24H34N2O3/c1-18(2)15-22(27)26-13-9-24(10-14-26)17-19(16-23(28)25-11-5-6-12-25)20-7-3-4-8-21(20)29-24/h3-4,7-8,18-19H,5-6,9-17H2,1-2H3/t19-/m1/s1. The molecule has 2 fully saturated rings. The minimum atomic E-state index is -0.251. The first-order valence-electron chi connectivity index (χ1n) is 11.3. The molecule has 158 valence electrons. The molecule has 1 aromatic carbocycles. The van der Waals surface area contributed by atoms with E-state index in [1.165, 1.54) is 5.56 Å². The maximum absolute atomic E-state index is 12.9. The topological polar surface area (TPSA) is 49.9 Å². The fourth-order valence-corrected chi connectivity index (χ4v) is 5.18. The Balaban J connectivity index is 1.47. The van der Waals surface area contributed by atoms with Crippen LogP contribution in [0.15, 0.2) is 24.3 Å². The van der Waals surface area contributed by atoms with E-state index in [2.05, 4.69) is 19.9 Å². The van der Waals surface area contributed by atoms with Gasteiger partial charge in [-0.1, -0.05) is 32.0 Å². The van der Waals surface area contributed by atoms with Gasteiger partial charge in [-0.05, 0) is 36.8 Å². The molecule has 29 heavy (non-hydrogen) atoms. The van der Waals surface area contributed by atoms with E-state index in [1.54, 1.807) is 0 Å². The van der Waals surface area contributed by atoms with Crippen molar-refractivity contribution in [2.45, 2.75) is 70.3 Å². The lowest BCUT2D eigenvalue weighted by Gasteiger charge is -2.47. The number of nitrogens with zero attached hydrogens (tertiary/aromatic N) is 2.